The van der Waals surface area contributed by atoms with Gasteiger partial charge in [0.05, 0.1) is 13.3 Å². The van der Waals surface area contributed by atoms with E-state index in [0.717, 1.165) is 11.4 Å². The van der Waals surface area contributed by atoms with E-state index in [0.29, 0.717) is 40.9 Å². The molecule has 2 aliphatic rings. The second kappa shape index (κ2) is 5.76. The molecule has 24 heavy (non-hydrogen) atoms. The molecule has 0 saturated heterocycles. The lowest BCUT2D eigenvalue weighted by atomic mass is 10.2. The van der Waals surface area contributed by atoms with E-state index in [4.69, 9.17) is 23.2 Å². The summed E-state index contributed by atoms with van der Waals surface area (Å²) in [6.45, 7) is 4.95. The van der Waals surface area contributed by atoms with Crippen LogP contribution in [-0.2, 0) is 6.67 Å². The van der Waals surface area contributed by atoms with Gasteiger partial charge in [-0.3, -0.25) is 19.2 Å². The van der Waals surface area contributed by atoms with Gasteiger partial charge in [0.15, 0.2) is 0 Å². The van der Waals surface area contributed by atoms with Crippen molar-refractivity contribution in [3.63, 3.8) is 0 Å². The molecule has 0 N–H and O–H groups in total. The van der Waals surface area contributed by atoms with Crippen molar-refractivity contribution in [3.05, 3.63) is 49.9 Å². The van der Waals surface area contributed by atoms with E-state index >= 15 is 0 Å². The van der Waals surface area contributed by atoms with Crippen LogP contribution in [0, 0.1) is 13.8 Å². The molecule has 1 aliphatic heterocycles. The Bertz CT molecular complexity index is 855. The predicted octanol–water partition coefficient (Wildman–Crippen LogP) is 3.70. The van der Waals surface area contributed by atoms with Crippen molar-refractivity contribution >= 4 is 34.8 Å². The molecule has 1 fully saturated rings. The normalized spacial score (nSPS) is 17.9. The second-order valence-electron chi connectivity index (χ2n) is 6.51. The molecule has 7 heteroatoms. The van der Waals surface area contributed by atoms with Gasteiger partial charge in [-0.05, 0) is 44.9 Å². The Balaban J connectivity index is 1.89. The van der Waals surface area contributed by atoms with Gasteiger partial charge in [-0.2, -0.15) is 0 Å². The molecular formula is C17H18Cl2N4O. The highest BCUT2D eigenvalue weighted by atomic mass is 35.5. The number of aryl methyl sites for hydroxylation is 1. The summed E-state index contributed by atoms with van der Waals surface area (Å²) in [7, 11) is 0. The number of rotatable bonds is 2. The molecule has 1 saturated carbocycles. The van der Waals surface area contributed by atoms with Gasteiger partial charge in [0, 0.05) is 33.0 Å². The molecule has 0 bridgehead atoms. The van der Waals surface area contributed by atoms with Crippen LogP contribution >= 0.6 is 23.2 Å². The Labute approximate surface area is 150 Å². The lowest BCUT2D eigenvalue weighted by Crippen LogP contribution is -2.48. The smallest absolute Gasteiger partial charge is 0.259 e. The van der Waals surface area contributed by atoms with Gasteiger partial charge in [0.2, 0.25) is 5.95 Å². The number of aromatic nitrogens is 2. The zero-order chi connectivity index (χ0) is 17.0. The summed E-state index contributed by atoms with van der Waals surface area (Å²) in [6.07, 6.45) is 2.35. The van der Waals surface area contributed by atoms with E-state index in [2.05, 4.69) is 9.88 Å². The zero-order valence-electron chi connectivity index (χ0n) is 13.6. The SMILES string of the molecule is Cc1nc2n(c(=O)c1C)CN(C1CC1)CN2c1cc(Cl)cc(Cl)c1. The molecule has 0 unspecified atom stereocenters. The van der Waals surface area contributed by atoms with Crippen LogP contribution in [0.2, 0.25) is 10.0 Å². The van der Waals surface area contributed by atoms with Crippen molar-refractivity contribution in [3.8, 4) is 0 Å². The lowest BCUT2D eigenvalue weighted by molar-refractivity contribution is 0.188. The van der Waals surface area contributed by atoms with Crippen molar-refractivity contribution in [1.29, 1.82) is 0 Å². The van der Waals surface area contributed by atoms with Gasteiger partial charge in [0.1, 0.15) is 0 Å². The molecule has 2 aromatic rings. The van der Waals surface area contributed by atoms with E-state index in [1.54, 1.807) is 10.6 Å². The first-order valence-corrected chi connectivity index (χ1v) is 8.75. The van der Waals surface area contributed by atoms with Crippen LogP contribution in [0.4, 0.5) is 11.6 Å². The molecule has 0 spiro atoms. The molecular weight excluding hydrogens is 347 g/mol. The van der Waals surface area contributed by atoms with Crippen LogP contribution in [0.1, 0.15) is 24.1 Å². The van der Waals surface area contributed by atoms with E-state index in [1.165, 1.54) is 12.8 Å². The zero-order valence-corrected chi connectivity index (χ0v) is 15.1. The largest absolute Gasteiger partial charge is 0.298 e. The second-order valence-corrected chi connectivity index (χ2v) is 7.39. The van der Waals surface area contributed by atoms with Crippen molar-refractivity contribution in [2.75, 3.05) is 11.6 Å². The molecule has 0 radical (unpaired) electrons. The monoisotopic (exact) mass is 364 g/mol. The van der Waals surface area contributed by atoms with E-state index in [1.807, 2.05) is 30.9 Å². The number of hydrogen-bond acceptors (Lipinski definition) is 4. The summed E-state index contributed by atoms with van der Waals surface area (Å²) < 4.78 is 1.75. The van der Waals surface area contributed by atoms with Crippen molar-refractivity contribution in [2.24, 2.45) is 0 Å². The van der Waals surface area contributed by atoms with E-state index in [9.17, 15) is 4.79 Å². The maximum atomic E-state index is 12.8. The Morgan fingerprint density at radius 1 is 1.08 bits per heavy atom. The molecule has 126 valence electrons. The molecule has 1 aromatic heterocycles. The standard InChI is InChI=1S/C17H18Cl2N4O/c1-10-11(2)20-17-22(15-6-12(18)5-13(19)7-15)8-21(14-3-4-14)9-23(17)16(10)24/h5-7,14H,3-4,8-9H2,1-2H3. The van der Waals surface area contributed by atoms with Crippen molar-refractivity contribution in [2.45, 2.75) is 39.4 Å². The van der Waals surface area contributed by atoms with Crippen LogP contribution in [0.5, 0.6) is 0 Å². The Morgan fingerprint density at radius 2 is 1.75 bits per heavy atom. The number of fused-ring (bicyclic) bond motifs is 1. The number of hydrogen-bond donors (Lipinski definition) is 0. The minimum atomic E-state index is 0.0148. The number of halogens is 2. The summed E-state index contributed by atoms with van der Waals surface area (Å²) in [5.74, 6) is 0.651. The summed E-state index contributed by atoms with van der Waals surface area (Å²) in [5.41, 5.74) is 2.31. The van der Waals surface area contributed by atoms with Crippen LogP contribution in [-0.4, -0.2) is 27.2 Å². The van der Waals surface area contributed by atoms with Crippen LogP contribution in [0.3, 0.4) is 0 Å². The Kier molecular flexibility index (Phi) is 3.82. The average molecular weight is 365 g/mol. The number of anilines is 2. The summed E-state index contributed by atoms with van der Waals surface area (Å²) >= 11 is 12.4. The fraction of sp³-hybridized carbons (Fsp3) is 0.412. The maximum absolute atomic E-state index is 12.8. The third-order valence-corrected chi connectivity index (χ3v) is 5.16. The first-order valence-electron chi connectivity index (χ1n) is 8.00. The summed E-state index contributed by atoms with van der Waals surface area (Å²) in [4.78, 5) is 21.8. The minimum absolute atomic E-state index is 0.0148. The third kappa shape index (κ3) is 2.70. The van der Waals surface area contributed by atoms with Crippen LogP contribution in [0.15, 0.2) is 23.0 Å². The number of nitrogens with zero attached hydrogens (tertiary/aromatic N) is 4. The quantitative estimate of drug-likeness (QED) is 0.814. The molecule has 0 amide bonds. The molecule has 1 aliphatic carbocycles. The van der Waals surface area contributed by atoms with Gasteiger partial charge in [-0.15, -0.1) is 0 Å². The fourth-order valence-electron chi connectivity index (χ4n) is 3.11. The lowest BCUT2D eigenvalue weighted by Gasteiger charge is -2.38. The van der Waals surface area contributed by atoms with Gasteiger partial charge in [0.25, 0.3) is 5.56 Å². The molecule has 2 heterocycles. The Morgan fingerprint density at radius 3 is 2.38 bits per heavy atom. The van der Waals surface area contributed by atoms with Gasteiger partial charge in [-0.25, -0.2) is 4.98 Å². The highest BCUT2D eigenvalue weighted by molar-refractivity contribution is 6.35. The van der Waals surface area contributed by atoms with E-state index in [-0.39, 0.29) is 5.56 Å². The van der Waals surface area contributed by atoms with Gasteiger partial charge < -0.3 is 0 Å². The molecule has 5 nitrogen and oxygen atoms in total. The van der Waals surface area contributed by atoms with E-state index < -0.39 is 0 Å². The van der Waals surface area contributed by atoms with Gasteiger partial charge >= 0.3 is 0 Å². The van der Waals surface area contributed by atoms with Gasteiger partial charge in [-0.1, -0.05) is 23.2 Å². The first kappa shape index (κ1) is 15.9. The highest BCUT2D eigenvalue weighted by Gasteiger charge is 2.35. The predicted molar refractivity (Wildman–Crippen MR) is 96.3 cm³/mol. The average Bonchev–Trinajstić information content (AvgIpc) is 3.36. The summed E-state index contributed by atoms with van der Waals surface area (Å²) in [6, 6.07) is 5.95. The maximum Gasteiger partial charge on any atom is 0.259 e. The Hall–Kier alpha value is -1.56. The minimum Gasteiger partial charge on any atom is -0.298 e. The van der Waals surface area contributed by atoms with Crippen molar-refractivity contribution in [1.82, 2.24) is 14.5 Å². The highest BCUT2D eigenvalue weighted by Crippen LogP contribution is 2.36. The number of benzene rings is 1. The summed E-state index contributed by atoms with van der Waals surface area (Å²) in [5, 5.41) is 1.14. The van der Waals surface area contributed by atoms with Crippen molar-refractivity contribution < 1.29 is 0 Å². The first-order chi connectivity index (χ1) is 11.4. The topological polar surface area (TPSA) is 41.4 Å². The van der Waals surface area contributed by atoms with Crippen LogP contribution in [0.25, 0.3) is 0 Å². The molecule has 1 aromatic carbocycles. The van der Waals surface area contributed by atoms with Crippen LogP contribution < -0.4 is 10.5 Å². The molecule has 4 rings (SSSR count). The fourth-order valence-corrected chi connectivity index (χ4v) is 3.62. The molecule has 0 atom stereocenters. The third-order valence-electron chi connectivity index (χ3n) is 4.73.